The number of esters is 3. The Balaban J connectivity index is 2.19. The Kier molecular flexibility index (Phi) is 7.56. The lowest BCUT2D eigenvalue weighted by atomic mass is 9.85. The van der Waals surface area contributed by atoms with Gasteiger partial charge in [-0.3, -0.25) is 14.9 Å². The number of aromatic nitrogens is 1. The van der Waals surface area contributed by atoms with E-state index in [2.05, 4.69) is 15.8 Å². The highest BCUT2D eigenvalue weighted by molar-refractivity contribution is 6.06. The summed E-state index contributed by atoms with van der Waals surface area (Å²) in [5.74, 6) is -4.55. The largest absolute Gasteiger partial charge is 0.466 e. The lowest BCUT2D eigenvalue weighted by molar-refractivity contribution is -0.152. The van der Waals surface area contributed by atoms with Crippen LogP contribution in [0.4, 0.5) is 5.88 Å². The molecule has 0 bridgehead atoms. The number of dihydropyridines is 1. The Bertz CT molecular complexity index is 919. The fourth-order valence-electron chi connectivity index (χ4n) is 3.00. The number of amides is 1. The van der Waals surface area contributed by atoms with Crippen LogP contribution >= 0.6 is 0 Å². The molecule has 0 spiro atoms. The summed E-state index contributed by atoms with van der Waals surface area (Å²) in [6.07, 6.45) is 0. The van der Waals surface area contributed by atoms with Gasteiger partial charge in [0.25, 0.3) is 5.91 Å². The molecule has 1 aliphatic heterocycles. The minimum atomic E-state index is -1.42. The molecule has 0 unspecified atom stereocenters. The maximum absolute atomic E-state index is 12.9. The molecule has 31 heavy (non-hydrogen) atoms. The van der Waals surface area contributed by atoms with Crippen molar-refractivity contribution in [2.45, 2.75) is 33.6 Å². The van der Waals surface area contributed by atoms with Crippen LogP contribution in [0.5, 0.6) is 0 Å². The summed E-state index contributed by atoms with van der Waals surface area (Å²) in [6.45, 7) is 6.24. The van der Waals surface area contributed by atoms with Gasteiger partial charge < -0.3 is 24.1 Å². The summed E-state index contributed by atoms with van der Waals surface area (Å²) >= 11 is 0. The number of methoxy groups -OCH3 is 2. The average molecular weight is 435 g/mol. The average Bonchev–Trinajstić information content (AvgIpc) is 3.19. The zero-order valence-electron chi connectivity index (χ0n) is 18.2. The van der Waals surface area contributed by atoms with E-state index >= 15 is 0 Å². The number of ether oxygens (including phenoxy) is 3. The molecule has 0 saturated carbocycles. The fourth-order valence-corrected chi connectivity index (χ4v) is 3.00. The molecule has 0 aromatic carbocycles. The second kappa shape index (κ2) is 9.92. The summed E-state index contributed by atoms with van der Waals surface area (Å²) in [4.78, 5) is 49.6. The van der Waals surface area contributed by atoms with Crippen LogP contribution in [0.25, 0.3) is 0 Å². The molecular formula is C20H25N3O8. The number of hydrogen-bond donors (Lipinski definition) is 2. The van der Waals surface area contributed by atoms with E-state index in [0.29, 0.717) is 17.1 Å². The molecule has 11 heteroatoms. The second-order valence-electron chi connectivity index (χ2n) is 7.05. The SMILES string of the molecule is COC(=O)C1=C(C)NC(C)=C(C(=O)OC)C1C(=O)OCC(=O)Nc1cc(C(C)C)no1. The molecule has 0 atom stereocenters. The van der Waals surface area contributed by atoms with E-state index in [1.54, 1.807) is 19.9 Å². The lowest BCUT2D eigenvalue weighted by Crippen LogP contribution is -2.38. The number of carbonyl (C=O) groups is 4. The van der Waals surface area contributed by atoms with Crippen LogP contribution < -0.4 is 10.6 Å². The van der Waals surface area contributed by atoms with Gasteiger partial charge in [0.1, 0.15) is 5.92 Å². The molecule has 11 nitrogen and oxygen atoms in total. The van der Waals surface area contributed by atoms with Gasteiger partial charge in [0.15, 0.2) is 6.61 Å². The van der Waals surface area contributed by atoms with E-state index in [1.165, 1.54) is 0 Å². The maximum atomic E-state index is 12.9. The van der Waals surface area contributed by atoms with Crippen molar-refractivity contribution < 1.29 is 37.9 Å². The van der Waals surface area contributed by atoms with E-state index in [1.807, 2.05) is 13.8 Å². The van der Waals surface area contributed by atoms with E-state index in [4.69, 9.17) is 18.7 Å². The highest BCUT2D eigenvalue weighted by Crippen LogP contribution is 2.32. The molecule has 2 heterocycles. The van der Waals surface area contributed by atoms with Crippen molar-refractivity contribution in [3.63, 3.8) is 0 Å². The number of carbonyl (C=O) groups excluding carboxylic acids is 4. The minimum Gasteiger partial charge on any atom is -0.466 e. The monoisotopic (exact) mass is 435 g/mol. The molecule has 168 valence electrons. The van der Waals surface area contributed by atoms with E-state index in [9.17, 15) is 19.2 Å². The first-order valence-electron chi connectivity index (χ1n) is 9.38. The summed E-state index contributed by atoms with van der Waals surface area (Å²) < 4.78 is 19.6. The van der Waals surface area contributed by atoms with Gasteiger partial charge in [-0.2, -0.15) is 0 Å². The number of nitrogens with one attached hydrogen (secondary N) is 2. The molecule has 2 N–H and O–H groups in total. The summed E-state index contributed by atoms with van der Waals surface area (Å²) in [5, 5.41) is 9.09. The van der Waals surface area contributed by atoms with Gasteiger partial charge in [0.2, 0.25) is 5.88 Å². The van der Waals surface area contributed by atoms with Crippen LogP contribution in [0.1, 0.15) is 39.3 Å². The smallest absolute Gasteiger partial charge is 0.336 e. The van der Waals surface area contributed by atoms with Crippen LogP contribution in [-0.4, -0.2) is 49.8 Å². The predicted octanol–water partition coefficient (Wildman–Crippen LogP) is 1.39. The zero-order valence-corrected chi connectivity index (χ0v) is 18.2. The van der Waals surface area contributed by atoms with Gasteiger partial charge in [0, 0.05) is 17.5 Å². The molecule has 1 aromatic heterocycles. The van der Waals surface area contributed by atoms with Crippen molar-refractivity contribution in [3.8, 4) is 0 Å². The first kappa shape index (κ1) is 23.6. The first-order chi connectivity index (χ1) is 14.6. The van der Waals surface area contributed by atoms with Crippen LogP contribution in [0.3, 0.4) is 0 Å². The van der Waals surface area contributed by atoms with Gasteiger partial charge >= 0.3 is 17.9 Å². The summed E-state index contributed by atoms with van der Waals surface area (Å²) in [5.41, 5.74) is 1.04. The molecule has 1 aromatic rings. The molecule has 0 aliphatic carbocycles. The Hall–Kier alpha value is -3.63. The third kappa shape index (κ3) is 5.30. The molecular weight excluding hydrogens is 410 g/mol. The highest BCUT2D eigenvalue weighted by Gasteiger charge is 2.42. The maximum Gasteiger partial charge on any atom is 0.336 e. The quantitative estimate of drug-likeness (QED) is 0.476. The van der Waals surface area contributed by atoms with Gasteiger partial charge in [0.05, 0.1) is 31.1 Å². The van der Waals surface area contributed by atoms with Crippen LogP contribution in [0.15, 0.2) is 33.1 Å². The van der Waals surface area contributed by atoms with Crippen molar-refractivity contribution >= 4 is 29.7 Å². The van der Waals surface area contributed by atoms with Crippen molar-refractivity contribution in [3.05, 3.63) is 34.3 Å². The molecule has 0 saturated heterocycles. The summed E-state index contributed by atoms with van der Waals surface area (Å²) in [7, 11) is 2.29. The van der Waals surface area contributed by atoms with Gasteiger partial charge in [-0.15, -0.1) is 0 Å². The minimum absolute atomic E-state index is 0.101. The fraction of sp³-hybridized carbons (Fsp3) is 0.450. The number of hydrogen-bond acceptors (Lipinski definition) is 10. The molecule has 0 fully saturated rings. The third-order valence-corrected chi connectivity index (χ3v) is 4.53. The highest BCUT2D eigenvalue weighted by atomic mass is 16.5. The molecule has 0 radical (unpaired) electrons. The van der Waals surface area contributed by atoms with Crippen molar-refractivity contribution in [1.29, 1.82) is 0 Å². The van der Waals surface area contributed by atoms with Gasteiger partial charge in [-0.1, -0.05) is 19.0 Å². The number of allylic oxidation sites excluding steroid dienone is 2. The lowest BCUT2D eigenvalue weighted by Gasteiger charge is -2.28. The Labute approximate surface area is 178 Å². The Morgan fingerprint density at radius 3 is 2.10 bits per heavy atom. The van der Waals surface area contributed by atoms with Crippen molar-refractivity contribution in [2.75, 3.05) is 26.1 Å². The zero-order chi connectivity index (χ0) is 23.3. The molecule has 1 amide bonds. The van der Waals surface area contributed by atoms with Crippen molar-refractivity contribution in [1.82, 2.24) is 10.5 Å². The van der Waals surface area contributed by atoms with Crippen LogP contribution in [-0.2, 0) is 33.4 Å². The van der Waals surface area contributed by atoms with Gasteiger partial charge in [-0.25, -0.2) is 9.59 Å². The van der Waals surface area contributed by atoms with E-state index < -0.39 is 36.3 Å². The van der Waals surface area contributed by atoms with Gasteiger partial charge in [-0.05, 0) is 19.8 Å². The van der Waals surface area contributed by atoms with E-state index in [0.717, 1.165) is 14.2 Å². The summed E-state index contributed by atoms with van der Waals surface area (Å²) in [6, 6.07) is 1.56. The van der Waals surface area contributed by atoms with Crippen molar-refractivity contribution in [2.24, 2.45) is 5.92 Å². The van der Waals surface area contributed by atoms with E-state index in [-0.39, 0.29) is 22.9 Å². The Morgan fingerprint density at radius 2 is 1.65 bits per heavy atom. The topological polar surface area (TPSA) is 146 Å². The van der Waals surface area contributed by atoms with Crippen LogP contribution in [0.2, 0.25) is 0 Å². The standard InChI is InChI=1S/C20H25N3O8/c1-9(2)12-7-14(31-23-12)22-13(24)8-30-20(27)17-15(18(25)28-5)10(3)21-11(4)16(17)19(26)29-6/h7,9,17,21H,8H2,1-6H3,(H,22,24). The third-order valence-electron chi connectivity index (χ3n) is 4.53. The number of nitrogens with zero attached hydrogens (tertiary/aromatic N) is 1. The Morgan fingerprint density at radius 1 is 1.10 bits per heavy atom. The number of rotatable bonds is 7. The number of anilines is 1. The first-order valence-corrected chi connectivity index (χ1v) is 9.38. The molecule has 1 aliphatic rings. The predicted molar refractivity (Wildman–Crippen MR) is 106 cm³/mol. The normalized spacial score (nSPS) is 14.3. The second-order valence-corrected chi connectivity index (χ2v) is 7.05. The molecule has 2 rings (SSSR count). The van der Waals surface area contributed by atoms with Crippen LogP contribution in [0, 0.1) is 5.92 Å².